The second kappa shape index (κ2) is 4.81. The van der Waals surface area contributed by atoms with Crippen molar-refractivity contribution in [3.63, 3.8) is 0 Å². The summed E-state index contributed by atoms with van der Waals surface area (Å²) in [5.41, 5.74) is 1.29. The molecule has 1 N–H and O–H groups in total. The number of likely N-dealkylation sites (N-methyl/N-ethyl adjacent to an activating group) is 1. The number of hydrogen-bond donors (Lipinski definition) is 1. The molecule has 0 aliphatic rings. The van der Waals surface area contributed by atoms with E-state index in [0.717, 1.165) is 19.6 Å². The molecule has 0 aliphatic heterocycles. The Bertz CT molecular complexity index is 448. The summed E-state index contributed by atoms with van der Waals surface area (Å²) in [6.45, 7) is 5.19. The van der Waals surface area contributed by atoms with Crippen LogP contribution in [0.3, 0.4) is 0 Å². The highest BCUT2D eigenvalue weighted by molar-refractivity contribution is 9.10. The lowest BCUT2D eigenvalue weighted by molar-refractivity contribution is 0.626. The van der Waals surface area contributed by atoms with E-state index >= 15 is 0 Å². The van der Waals surface area contributed by atoms with Gasteiger partial charge in [0.15, 0.2) is 0 Å². The Kier molecular flexibility index (Phi) is 3.44. The van der Waals surface area contributed by atoms with Crippen LogP contribution in [0.15, 0.2) is 34.9 Å². The molecule has 0 saturated carbocycles. The van der Waals surface area contributed by atoms with Crippen molar-refractivity contribution in [1.29, 1.82) is 0 Å². The van der Waals surface area contributed by atoms with Crippen molar-refractivity contribution in [2.24, 2.45) is 0 Å². The zero-order valence-corrected chi connectivity index (χ0v) is 10.4. The van der Waals surface area contributed by atoms with Crippen LogP contribution in [0.5, 0.6) is 0 Å². The van der Waals surface area contributed by atoms with E-state index < -0.39 is 0 Å². The normalized spacial score (nSPS) is 11.1. The largest absolute Gasteiger partial charge is 0.345 e. The number of nitrogens with zero attached hydrogens (tertiary/aromatic N) is 1. The molecule has 15 heavy (non-hydrogen) atoms. The first-order chi connectivity index (χ1) is 7.33. The van der Waals surface area contributed by atoms with Gasteiger partial charge in [-0.05, 0) is 28.5 Å². The van der Waals surface area contributed by atoms with Gasteiger partial charge in [-0.1, -0.05) is 25.1 Å². The smallest absolute Gasteiger partial charge is 0.0492 e. The molecule has 1 aromatic heterocycles. The van der Waals surface area contributed by atoms with Gasteiger partial charge in [-0.2, -0.15) is 0 Å². The number of rotatable bonds is 4. The summed E-state index contributed by atoms with van der Waals surface area (Å²) in [5.74, 6) is 0. The maximum Gasteiger partial charge on any atom is 0.0492 e. The average Bonchev–Trinajstić information content (AvgIpc) is 2.58. The third kappa shape index (κ3) is 2.24. The maximum atomic E-state index is 3.59. The minimum atomic E-state index is 1.01. The lowest BCUT2D eigenvalue weighted by Crippen LogP contribution is -2.18. The average molecular weight is 267 g/mol. The first-order valence-electron chi connectivity index (χ1n) is 5.27. The van der Waals surface area contributed by atoms with E-state index in [0.29, 0.717) is 0 Å². The van der Waals surface area contributed by atoms with E-state index in [9.17, 15) is 0 Å². The van der Waals surface area contributed by atoms with Crippen LogP contribution in [0.2, 0.25) is 0 Å². The van der Waals surface area contributed by atoms with E-state index in [2.05, 4.69) is 63.2 Å². The van der Waals surface area contributed by atoms with Crippen LogP contribution in [0.25, 0.3) is 10.9 Å². The highest BCUT2D eigenvalue weighted by Crippen LogP contribution is 2.25. The first-order valence-corrected chi connectivity index (χ1v) is 6.06. The van der Waals surface area contributed by atoms with Gasteiger partial charge in [0.1, 0.15) is 0 Å². The highest BCUT2D eigenvalue weighted by Gasteiger charge is 2.04. The molecule has 2 aromatic rings. The third-order valence-corrected chi connectivity index (χ3v) is 3.15. The number of benzene rings is 1. The second-order valence-corrected chi connectivity index (χ2v) is 4.40. The molecule has 0 atom stereocenters. The van der Waals surface area contributed by atoms with Gasteiger partial charge in [-0.3, -0.25) is 0 Å². The van der Waals surface area contributed by atoms with Gasteiger partial charge in [0, 0.05) is 34.7 Å². The minimum Gasteiger partial charge on any atom is -0.345 e. The Balaban J connectivity index is 2.27. The first kappa shape index (κ1) is 10.7. The number of fused-ring (bicyclic) bond motifs is 1. The van der Waals surface area contributed by atoms with Crippen LogP contribution in [0.1, 0.15) is 6.92 Å². The molecule has 0 saturated heterocycles. The summed E-state index contributed by atoms with van der Waals surface area (Å²) in [5, 5.41) is 4.62. The van der Waals surface area contributed by atoms with Crippen molar-refractivity contribution >= 4 is 26.8 Å². The van der Waals surface area contributed by atoms with Crippen LogP contribution in [0, 0.1) is 0 Å². The monoisotopic (exact) mass is 266 g/mol. The Morgan fingerprint density at radius 3 is 2.93 bits per heavy atom. The van der Waals surface area contributed by atoms with Crippen molar-refractivity contribution in [3.05, 3.63) is 34.9 Å². The summed E-state index contributed by atoms with van der Waals surface area (Å²) in [6.07, 6.45) is 2.15. The molecular weight excluding hydrogens is 252 g/mol. The molecule has 0 aliphatic carbocycles. The highest BCUT2D eigenvalue weighted by atomic mass is 79.9. The predicted molar refractivity (Wildman–Crippen MR) is 68.2 cm³/mol. The lowest BCUT2D eigenvalue weighted by atomic mass is 10.2. The van der Waals surface area contributed by atoms with Crippen LogP contribution >= 0.6 is 15.9 Å². The molecule has 80 valence electrons. The Labute approximate surface area is 98.4 Å². The lowest BCUT2D eigenvalue weighted by Gasteiger charge is -2.05. The molecule has 2 nitrogen and oxygen atoms in total. The predicted octanol–water partition coefficient (Wildman–Crippen LogP) is 3.01. The van der Waals surface area contributed by atoms with Gasteiger partial charge < -0.3 is 9.88 Å². The Hall–Kier alpha value is -0.800. The van der Waals surface area contributed by atoms with Crippen LogP contribution in [0.4, 0.5) is 0 Å². The SMILES string of the molecule is CCNCCn1cc(Br)c2ccccc21. The van der Waals surface area contributed by atoms with E-state index in [1.54, 1.807) is 0 Å². The molecule has 0 fully saturated rings. The van der Waals surface area contributed by atoms with Crippen LogP contribution in [-0.2, 0) is 6.54 Å². The van der Waals surface area contributed by atoms with E-state index in [1.165, 1.54) is 15.4 Å². The Morgan fingerprint density at radius 1 is 1.33 bits per heavy atom. The van der Waals surface area contributed by atoms with Crippen molar-refractivity contribution in [3.8, 4) is 0 Å². The van der Waals surface area contributed by atoms with Crippen molar-refractivity contribution in [2.75, 3.05) is 13.1 Å². The fourth-order valence-corrected chi connectivity index (χ4v) is 2.35. The molecule has 0 amide bonds. The van der Waals surface area contributed by atoms with Crippen molar-refractivity contribution in [2.45, 2.75) is 13.5 Å². The van der Waals surface area contributed by atoms with Gasteiger partial charge in [0.05, 0.1) is 0 Å². The Morgan fingerprint density at radius 2 is 2.13 bits per heavy atom. The summed E-state index contributed by atoms with van der Waals surface area (Å²) in [4.78, 5) is 0. The van der Waals surface area contributed by atoms with Gasteiger partial charge in [0.25, 0.3) is 0 Å². The maximum absolute atomic E-state index is 3.59. The zero-order valence-electron chi connectivity index (χ0n) is 8.83. The number of hydrogen-bond acceptors (Lipinski definition) is 1. The number of nitrogens with one attached hydrogen (secondary N) is 1. The summed E-state index contributed by atoms with van der Waals surface area (Å²) in [7, 11) is 0. The number of aromatic nitrogens is 1. The third-order valence-electron chi connectivity index (χ3n) is 2.52. The molecule has 0 unspecified atom stereocenters. The van der Waals surface area contributed by atoms with E-state index in [4.69, 9.17) is 0 Å². The molecule has 0 bridgehead atoms. The van der Waals surface area contributed by atoms with Crippen molar-refractivity contribution < 1.29 is 0 Å². The van der Waals surface area contributed by atoms with Crippen LogP contribution < -0.4 is 5.32 Å². The molecule has 2 rings (SSSR count). The zero-order chi connectivity index (χ0) is 10.7. The quantitative estimate of drug-likeness (QED) is 0.842. The van der Waals surface area contributed by atoms with Gasteiger partial charge in [-0.15, -0.1) is 0 Å². The van der Waals surface area contributed by atoms with Gasteiger partial charge in [0.2, 0.25) is 0 Å². The van der Waals surface area contributed by atoms with Crippen molar-refractivity contribution in [1.82, 2.24) is 9.88 Å². The summed E-state index contributed by atoms with van der Waals surface area (Å²) >= 11 is 3.59. The fourth-order valence-electron chi connectivity index (χ4n) is 1.76. The molecular formula is C12H15BrN2. The second-order valence-electron chi connectivity index (χ2n) is 3.54. The number of para-hydroxylation sites is 1. The fraction of sp³-hybridized carbons (Fsp3) is 0.333. The molecule has 1 heterocycles. The van der Waals surface area contributed by atoms with E-state index in [-0.39, 0.29) is 0 Å². The number of halogens is 1. The molecule has 0 radical (unpaired) electrons. The van der Waals surface area contributed by atoms with Gasteiger partial charge >= 0.3 is 0 Å². The minimum absolute atomic E-state index is 1.01. The molecule has 1 aromatic carbocycles. The van der Waals surface area contributed by atoms with Gasteiger partial charge in [-0.25, -0.2) is 0 Å². The molecule has 3 heteroatoms. The standard InChI is InChI=1S/C12H15BrN2/c1-2-14-7-8-15-9-11(13)10-5-3-4-6-12(10)15/h3-6,9,14H,2,7-8H2,1H3. The topological polar surface area (TPSA) is 17.0 Å². The van der Waals surface area contributed by atoms with E-state index in [1.807, 2.05) is 0 Å². The molecule has 0 spiro atoms. The summed E-state index contributed by atoms with van der Waals surface area (Å²) in [6, 6.07) is 8.45. The summed E-state index contributed by atoms with van der Waals surface area (Å²) < 4.78 is 3.46. The van der Waals surface area contributed by atoms with Crippen LogP contribution in [-0.4, -0.2) is 17.7 Å².